The first-order valence-corrected chi connectivity index (χ1v) is 10.6. The molecule has 0 radical (unpaired) electrons. The Morgan fingerprint density at radius 1 is 1.16 bits per heavy atom. The Bertz CT molecular complexity index is 407. The van der Waals surface area contributed by atoms with Gasteiger partial charge in [0.1, 0.15) is 0 Å². The molecule has 0 aliphatic heterocycles. The summed E-state index contributed by atoms with van der Waals surface area (Å²) in [5.41, 5.74) is 0. The third-order valence-corrected chi connectivity index (χ3v) is 8.99. The van der Waals surface area contributed by atoms with Crippen LogP contribution in [0.2, 0.25) is 18.1 Å². The minimum absolute atomic E-state index is 0.178. The molecule has 0 heterocycles. The normalized spacial score (nSPS) is 14.8. The molecule has 0 spiro atoms. The Morgan fingerprint density at radius 3 is 2.26 bits per heavy atom. The van der Waals surface area contributed by atoms with Crippen LogP contribution in [0.5, 0.6) is 0 Å². The molecule has 106 valence electrons. The molecule has 3 heteroatoms. The van der Waals surface area contributed by atoms with Gasteiger partial charge >= 0.3 is 0 Å². The van der Waals surface area contributed by atoms with Crippen LogP contribution in [0.4, 0.5) is 0 Å². The van der Waals surface area contributed by atoms with Gasteiger partial charge in [-0.05, 0) is 42.6 Å². The minimum Gasteiger partial charge on any atom is -0.411 e. The smallest absolute Gasteiger partial charge is 0.192 e. The third-order valence-electron chi connectivity index (χ3n) is 3.58. The molecule has 1 atom stereocenters. The fraction of sp³-hybridized carbons (Fsp3) is 0.500. The maximum Gasteiger partial charge on any atom is 0.192 e. The molecule has 1 nitrogen and oxygen atoms in total. The van der Waals surface area contributed by atoms with E-state index in [1.54, 1.807) is 11.8 Å². The van der Waals surface area contributed by atoms with E-state index in [9.17, 15) is 0 Å². The average Bonchev–Trinajstić information content (AvgIpc) is 2.28. The van der Waals surface area contributed by atoms with Crippen LogP contribution in [-0.4, -0.2) is 14.4 Å². The highest BCUT2D eigenvalue weighted by molar-refractivity contribution is 8.02. The summed E-state index contributed by atoms with van der Waals surface area (Å²) in [4.78, 5) is 1.26. The molecule has 0 N–H and O–H groups in total. The van der Waals surface area contributed by atoms with Crippen molar-refractivity contribution in [2.75, 3.05) is 0 Å². The Morgan fingerprint density at radius 2 is 1.74 bits per heavy atom. The van der Waals surface area contributed by atoms with E-state index < -0.39 is 8.32 Å². The summed E-state index contributed by atoms with van der Waals surface area (Å²) in [7, 11) is -1.66. The first-order valence-electron chi connectivity index (χ1n) is 6.78. The van der Waals surface area contributed by atoms with Crippen molar-refractivity contribution >= 4 is 20.1 Å². The monoisotopic (exact) mass is 294 g/mol. The van der Waals surface area contributed by atoms with Crippen LogP contribution in [0.15, 0.2) is 46.7 Å². The summed E-state index contributed by atoms with van der Waals surface area (Å²) >= 11 is 1.74. The Balaban J connectivity index is 2.50. The topological polar surface area (TPSA) is 9.23 Å². The molecule has 0 saturated heterocycles. The molecule has 0 amide bonds. The van der Waals surface area contributed by atoms with E-state index >= 15 is 0 Å². The second kappa shape index (κ2) is 6.78. The molecular formula is C16H26OSSi. The molecule has 19 heavy (non-hydrogen) atoms. The lowest BCUT2D eigenvalue weighted by atomic mass is 10.2. The standard InChI is InChI=1S/C16H26OSSi/c1-14(17-19(5,6)16(2,3)4)12-13-18-15-10-8-7-9-11-15/h7-14H,1-6H3/b13-12+/t14-/m1/s1. The van der Waals surface area contributed by atoms with Crippen LogP contribution < -0.4 is 0 Å². The zero-order valence-corrected chi connectivity index (χ0v) is 14.8. The van der Waals surface area contributed by atoms with Crippen LogP contribution in [0, 0.1) is 0 Å². The van der Waals surface area contributed by atoms with Gasteiger partial charge in [-0.1, -0.05) is 56.8 Å². The van der Waals surface area contributed by atoms with Gasteiger partial charge in [-0.25, -0.2) is 0 Å². The molecule has 0 unspecified atom stereocenters. The minimum atomic E-state index is -1.66. The van der Waals surface area contributed by atoms with E-state index in [1.807, 2.05) is 6.07 Å². The van der Waals surface area contributed by atoms with Crippen LogP contribution in [0.3, 0.4) is 0 Å². The lowest BCUT2D eigenvalue weighted by Crippen LogP contribution is -2.42. The van der Waals surface area contributed by atoms with Crippen LogP contribution >= 0.6 is 11.8 Å². The Labute approximate surface area is 123 Å². The third kappa shape index (κ3) is 5.55. The quantitative estimate of drug-likeness (QED) is 0.508. The highest BCUT2D eigenvalue weighted by Gasteiger charge is 2.37. The second-order valence-corrected chi connectivity index (χ2v) is 12.1. The van der Waals surface area contributed by atoms with Crippen molar-refractivity contribution in [3.8, 4) is 0 Å². The van der Waals surface area contributed by atoms with E-state index in [4.69, 9.17) is 4.43 Å². The van der Waals surface area contributed by atoms with E-state index in [0.29, 0.717) is 0 Å². The molecule has 0 fully saturated rings. The summed E-state index contributed by atoms with van der Waals surface area (Å²) in [6.07, 6.45) is 2.33. The van der Waals surface area contributed by atoms with Gasteiger partial charge in [-0.2, -0.15) is 0 Å². The first kappa shape index (κ1) is 16.5. The zero-order valence-electron chi connectivity index (χ0n) is 12.9. The Kier molecular flexibility index (Phi) is 5.90. The van der Waals surface area contributed by atoms with E-state index in [2.05, 4.69) is 76.5 Å². The van der Waals surface area contributed by atoms with Crippen molar-refractivity contribution in [2.45, 2.75) is 56.8 Å². The molecule has 1 rings (SSSR count). The van der Waals surface area contributed by atoms with Gasteiger partial charge in [0.15, 0.2) is 8.32 Å². The summed E-state index contributed by atoms with van der Waals surface area (Å²) in [5.74, 6) is 0. The van der Waals surface area contributed by atoms with E-state index in [1.165, 1.54) is 4.90 Å². The van der Waals surface area contributed by atoms with Crippen molar-refractivity contribution < 1.29 is 4.43 Å². The molecule has 0 aliphatic carbocycles. The molecule has 0 bridgehead atoms. The van der Waals surface area contributed by atoms with Gasteiger partial charge in [0.05, 0.1) is 6.10 Å². The van der Waals surface area contributed by atoms with Crippen molar-refractivity contribution in [1.82, 2.24) is 0 Å². The zero-order chi connectivity index (χ0) is 14.5. The fourth-order valence-electron chi connectivity index (χ4n) is 1.41. The second-order valence-electron chi connectivity index (χ2n) is 6.34. The number of thioether (sulfide) groups is 1. The lowest BCUT2D eigenvalue weighted by Gasteiger charge is -2.37. The maximum atomic E-state index is 6.28. The summed E-state index contributed by atoms with van der Waals surface area (Å²) in [5, 5.41) is 2.40. The number of rotatable bonds is 5. The van der Waals surface area contributed by atoms with Gasteiger partial charge < -0.3 is 4.43 Å². The summed E-state index contributed by atoms with van der Waals surface area (Å²) < 4.78 is 6.28. The van der Waals surface area contributed by atoms with Crippen LogP contribution in [0.1, 0.15) is 27.7 Å². The van der Waals surface area contributed by atoms with Crippen molar-refractivity contribution in [1.29, 1.82) is 0 Å². The average molecular weight is 295 g/mol. The highest BCUT2D eigenvalue weighted by Crippen LogP contribution is 2.37. The highest BCUT2D eigenvalue weighted by atomic mass is 32.2. The lowest BCUT2D eigenvalue weighted by molar-refractivity contribution is 0.243. The van der Waals surface area contributed by atoms with Crippen LogP contribution in [-0.2, 0) is 4.43 Å². The summed E-state index contributed by atoms with van der Waals surface area (Å²) in [6.45, 7) is 13.5. The SMILES string of the molecule is C[C@H](/C=C/Sc1ccccc1)O[Si](C)(C)C(C)(C)C. The maximum absolute atomic E-state index is 6.28. The number of hydrogen-bond donors (Lipinski definition) is 0. The largest absolute Gasteiger partial charge is 0.411 e. The van der Waals surface area contributed by atoms with Crippen molar-refractivity contribution in [2.24, 2.45) is 0 Å². The predicted octanol–water partition coefficient (Wildman–Crippen LogP) is 5.70. The molecule has 0 aromatic heterocycles. The fourth-order valence-corrected chi connectivity index (χ4v) is 3.54. The van der Waals surface area contributed by atoms with Crippen LogP contribution in [0.25, 0.3) is 0 Å². The van der Waals surface area contributed by atoms with Gasteiger partial charge in [-0.15, -0.1) is 0 Å². The van der Waals surface area contributed by atoms with Crippen molar-refractivity contribution in [3.05, 3.63) is 41.8 Å². The van der Waals surface area contributed by atoms with E-state index in [-0.39, 0.29) is 11.1 Å². The predicted molar refractivity (Wildman–Crippen MR) is 89.2 cm³/mol. The van der Waals surface area contributed by atoms with Gasteiger partial charge in [0.2, 0.25) is 0 Å². The number of benzene rings is 1. The van der Waals surface area contributed by atoms with Gasteiger partial charge in [-0.3, -0.25) is 0 Å². The molecule has 0 saturated carbocycles. The molecule has 1 aromatic carbocycles. The Hall–Kier alpha value is -0.513. The van der Waals surface area contributed by atoms with Gasteiger partial charge in [0.25, 0.3) is 0 Å². The summed E-state index contributed by atoms with van der Waals surface area (Å²) in [6, 6.07) is 10.4. The molecule has 1 aromatic rings. The van der Waals surface area contributed by atoms with E-state index in [0.717, 1.165) is 0 Å². The van der Waals surface area contributed by atoms with Crippen molar-refractivity contribution in [3.63, 3.8) is 0 Å². The number of hydrogen-bond acceptors (Lipinski definition) is 2. The molecule has 0 aliphatic rings. The van der Waals surface area contributed by atoms with Gasteiger partial charge in [0, 0.05) is 4.90 Å². The first-order chi connectivity index (χ1) is 8.72. The molecular weight excluding hydrogens is 268 g/mol.